The highest BCUT2D eigenvalue weighted by Gasteiger charge is 2.16. The smallest absolute Gasteiger partial charge is 0.248 e. The van der Waals surface area contributed by atoms with Gasteiger partial charge in [0.05, 0.1) is 0 Å². The number of hydrogen-bond donors (Lipinski definition) is 0. The fourth-order valence-electron chi connectivity index (χ4n) is 0.387. The van der Waals surface area contributed by atoms with E-state index >= 15 is 0 Å². The Morgan fingerprint density at radius 3 is 1.33 bits per heavy atom. The molecule has 0 rings (SSSR count). The molecular weight excluding hydrogens is 212 g/mol. The molecule has 0 amide bonds. The van der Waals surface area contributed by atoms with E-state index in [0.29, 0.717) is 0 Å². The van der Waals surface area contributed by atoms with Crippen LogP contribution in [0.3, 0.4) is 0 Å². The van der Waals surface area contributed by atoms with Gasteiger partial charge in [-0.1, -0.05) is 0 Å². The van der Waals surface area contributed by atoms with Gasteiger partial charge in [0, 0.05) is 13.8 Å². The van der Waals surface area contributed by atoms with Crippen molar-refractivity contribution in [2.45, 2.75) is 20.3 Å². The lowest BCUT2D eigenvalue weighted by Crippen LogP contribution is -2.16. The van der Waals surface area contributed by atoms with Crippen LogP contribution in [0, 0.1) is 0 Å². The summed E-state index contributed by atoms with van der Waals surface area (Å²) < 4.78 is 0. The maximum atomic E-state index is 10.7. The molecule has 15 heavy (non-hydrogen) atoms. The second-order valence-electron chi connectivity index (χ2n) is 2.24. The van der Waals surface area contributed by atoms with Crippen molar-refractivity contribution >= 4 is 23.9 Å². The zero-order valence-corrected chi connectivity index (χ0v) is 7.97. The van der Waals surface area contributed by atoms with Gasteiger partial charge in [0.1, 0.15) is 0 Å². The van der Waals surface area contributed by atoms with Gasteiger partial charge in [0.25, 0.3) is 0 Å². The molecule has 84 valence electrons. The van der Waals surface area contributed by atoms with Gasteiger partial charge in [0.2, 0.25) is 0 Å². The number of carbonyl (C=O) groups is 4. The van der Waals surface area contributed by atoms with Gasteiger partial charge in [-0.2, -0.15) is 0 Å². The Labute approximate surface area is 83.9 Å². The molecule has 0 aliphatic rings. The second kappa shape index (κ2) is 6.35. The van der Waals surface area contributed by atoms with Crippen LogP contribution in [0.1, 0.15) is 20.3 Å². The summed E-state index contributed by atoms with van der Waals surface area (Å²) in [7, 11) is 0. The second-order valence-corrected chi connectivity index (χ2v) is 2.24. The summed E-state index contributed by atoms with van der Waals surface area (Å²) in [4.78, 5) is 57.0. The first-order valence-corrected chi connectivity index (χ1v) is 3.67. The lowest BCUT2D eigenvalue weighted by molar-refractivity contribution is -0.266. The lowest BCUT2D eigenvalue weighted by atomic mass is 10.5. The molecule has 0 bridgehead atoms. The molecule has 0 aromatic carbocycles. The lowest BCUT2D eigenvalue weighted by Gasteiger charge is -2.00. The van der Waals surface area contributed by atoms with E-state index < -0.39 is 30.3 Å². The van der Waals surface area contributed by atoms with Crippen molar-refractivity contribution < 1.29 is 38.7 Å². The Bertz CT molecular complexity index is 253. The third kappa shape index (κ3) is 8.22. The van der Waals surface area contributed by atoms with Crippen LogP contribution in [-0.4, -0.2) is 23.9 Å². The van der Waals surface area contributed by atoms with E-state index in [0.717, 1.165) is 13.8 Å². The first kappa shape index (κ1) is 12.9. The molecule has 0 radical (unpaired) electrons. The first-order chi connectivity index (χ1) is 6.91. The van der Waals surface area contributed by atoms with E-state index in [-0.39, 0.29) is 0 Å². The molecule has 0 aromatic rings. The quantitative estimate of drug-likeness (QED) is 0.345. The Balaban J connectivity index is 3.71. The van der Waals surface area contributed by atoms with Crippen molar-refractivity contribution in [2.24, 2.45) is 0 Å². The summed E-state index contributed by atoms with van der Waals surface area (Å²) in [5.41, 5.74) is 0. The number of carbonyl (C=O) groups excluding carboxylic acids is 4. The van der Waals surface area contributed by atoms with E-state index in [1.165, 1.54) is 0 Å². The molecule has 0 fully saturated rings. The molecule has 0 unspecified atom stereocenters. The molecule has 0 spiro atoms. The molecule has 0 aromatic heterocycles. The average molecular weight is 220 g/mol. The summed E-state index contributed by atoms with van der Waals surface area (Å²) >= 11 is 0. The minimum atomic E-state index is -1.15. The highest BCUT2D eigenvalue weighted by molar-refractivity contribution is 5.91. The van der Waals surface area contributed by atoms with Crippen molar-refractivity contribution in [3.63, 3.8) is 0 Å². The van der Waals surface area contributed by atoms with E-state index in [2.05, 4.69) is 19.6 Å². The topological polar surface area (TPSA) is 105 Å². The average Bonchev–Trinajstić information content (AvgIpc) is 2.11. The third-order valence-electron chi connectivity index (χ3n) is 0.793. The van der Waals surface area contributed by atoms with Crippen LogP contribution >= 0.6 is 0 Å². The van der Waals surface area contributed by atoms with Gasteiger partial charge in [0.15, 0.2) is 6.42 Å². The minimum Gasteiger partial charge on any atom is -0.248 e. The summed E-state index contributed by atoms with van der Waals surface area (Å²) in [5.74, 6) is -4.00. The molecule has 8 heteroatoms. The molecule has 0 aliphatic heterocycles. The maximum Gasteiger partial charge on any atom is 0.366 e. The van der Waals surface area contributed by atoms with Gasteiger partial charge >= 0.3 is 23.9 Å². The Morgan fingerprint density at radius 1 is 0.733 bits per heavy atom. The minimum absolute atomic E-state index is 0.847. The van der Waals surface area contributed by atoms with E-state index in [4.69, 9.17) is 0 Å². The zero-order valence-electron chi connectivity index (χ0n) is 7.97. The van der Waals surface area contributed by atoms with Gasteiger partial charge in [-0.05, 0) is 0 Å². The summed E-state index contributed by atoms with van der Waals surface area (Å²) in [6.07, 6.45) is -0.847. The van der Waals surface area contributed by atoms with Crippen LogP contribution in [0.4, 0.5) is 0 Å². The molecule has 0 atom stereocenters. The van der Waals surface area contributed by atoms with E-state index in [9.17, 15) is 19.2 Å². The normalized spacial score (nSPS) is 8.67. The fraction of sp³-hybridized carbons (Fsp3) is 0.429. The predicted molar refractivity (Wildman–Crippen MR) is 40.3 cm³/mol. The van der Waals surface area contributed by atoms with Crippen molar-refractivity contribution in [3.8, 4) is 0 Å². The molecule has 8 nitrogen and oxygen atoms in total. The number of rotatable bonds is 2. The zero-order chi connectivity index (χ0) is 11.8. The third-order valence-corrected chi connectivity index (χ3v) is 0.793. The predicted octanol–water partition coefficient (Wildman–Crippen LogP) is -0.581. The van der Waals surface area contributed by atoms with Crippen LogP contribution in [0.2, 0.25) is 0 Å². The molecule has 0 N–H and O–H groups in total. The van der Waals surface area contributed by atoms with Gasteiger partial charge < -0.3 is 0 Å². The monoisotopic (exact) mass is 220 g/mol. The van der Waals surface area contributed by atoms with E-state index in [1.807, 2.05) is 0 Å². The van der Waals surface area contributed by atoms with E-state index in [1.54, 1.807) is 0 Å². The van der Waals surface area contributed by atoms with Crippen molar-refractivity contribution in [1.82, 2.24) is 0 Å². The van der Waals surface area contributed by atoms with Crippen LogP contribution in [0.25, 0.3) is 0 Å². The molecule has 0 saturated carbocycles. The van der Waals surface area contributed by atoms with Crippen LogP contribution in [0.5, 0.6) is 0 Å². The van der Waals surface area contributed by atoms with Gasteiger partial charge in [-0.3, -0.25) is 0 Å². The number of hydrogen-bond acceptors (Lipinski definition) is 8. The SMILES string of the molecule is CC(=O)OOC(=O)CC(=O)OOC(C)=O. The van der Waals surface area contributed by atoms with Crippen LogP contribution in [0.15, 0.2) is 0 Å². The maximum absolute atomic E-state index is 10.7. The Kier molecular flexibility index (Phi) is 5.45. The Morgan fingerprint density at radius 2 is 1.07 bits per heavy atom. The molecular formula is C7H8O8. The van der Waals surface area contributed by atoms with Crippen LogP contribution in [-0.2, 0) is 38.7 Å². The fourth-order valence-corrected chi connectivity index (χ4v) is 0.387. The largest absolute Gasteiger partial charge is 0.366 e. The first-order valence-electron chi connectivity index (χ1n) is 3.67. The van der Waals surface area contributed by atoms with Crippen molar-refractivity contribution in [1.29, 1.82) is 0 Å². The van der Waals surface area contributed by atoms with Crippen molar-refractivity contribution in [3.05, 3.63) is 0 Å². The van der Waals surface area contributed by atoms with Crippen molar-refractivity contribution in [2.75, 3.05) is 0 Å². The van der Waals surface area contributed by atoms with Gasteiger partial charge in [-0.15, -0.1) is 0 Å². The Hall–Kier alpha value is -2.12. The van der Waals surface area contributed by atoms with Gasteiger partial charge in [-0.25, -0.2) is 38.7 Å². The summed E-state index contributed by atoms with van der Waals surface area (Å²) in [6.45, 7) is 2.01. The summed E-state index contributed by atoms with van der Waals surface area (Å²) in [5, 5.41) is 0. The highest BCUT2D eigenvalue weighted by atomic mass is 17.2. The molecule has 0 heterocycles. The molecule has 0 saturated heterocycles. The standard InChI is InChI=1S/C7H8O8/c1-4(8)12-14-6(10)3-7(11)15-13-5(2)9/h3H2,1-2H3. The summed E-state index contributed by atoms with van der Waals surface area (Å²) in [6, 6.07) is 0. The molecule has 0 aliphatic carbocycles. The highest BCUT2D eigenvalue weighted by Crippen LogP contribution is 1.93. The van der Waals surface area contributed by atoms with Crippen LogP contribution < -0.4 is 0 Å².